The van der Waals surface area contributed by atoms with Crippen LogP contribution in [0.5, 0.6) is 0 Å². The summed E-state index contributed by atoms with van der Waals surface area (Å²) in [4.78, 5) is 0. The molecule has 7 atom stereocenters. The van der Waals surface area contributed by atoms with Crippen LogP contribution in [0.15, 0.2) is 120 Å². The lowest BCUT2D eigenvalue weighted by atomic mass is 9.76. The predicted octanol–water partition coefficient (Wildman–Crippen LogP) is 22.8. The van der Waals surface area contributed by atoms with E-state index < -0.39 is 16.5 Å². The summed E-state index contributed by atoms with van der Waals surface area (Å²) in [6.45, 7) is 52.4. The van der Waals surface area contributed by atoms with Crippen molar-refractivity contribution in [3.05, 3.63) is 154 Å². The lowest BCUT2D eigenvalue weighted by Gasteiger charge is -2.56. The minimum absolute atomic E-state index is 0.0304. The Morgan fingerprint density at radius 1 is 0.424 bits per heavy atom. The highest BCUT2D eigenvalue weighted by Gasteiger charge is 2.57. The van der Waals surface area contributed by atoms with Gasteiger partial charge in [0.15, 0.2) is 0 Å². The molecule has 8 aliphatic carbocycles. The molecule has 4 saturated carbocycles. The van der Waals surface area contributed by atoms with Crippen molar-refractivity contribution >= 4 is 27.6 Å². The summed E-state index contributed by atoms with van der Waals surface area (Å²) >= 11 is 0. The highest BCUT2D eigenvalue weighted by Crippen LogP contribution is 2.63. The molecule has 4 aromatic carbocycles. The maximum absolute atomic E-state index is 3.13. The fourth-order valence-electron chi connectivity index (χ4n) is 20.3. The SMILES string of the molecule is CC(C)(C)c1ccc(-c2ccc3c(c2)C(C)(C)C2=CC4C(C=C23)CCC4[Si](C)(C)N(C2CCCCC2)C(C)(C)C)cc1.CC1CC2C=C3C(=CC2C1[Si](C)(C)N(C1CCCCC1)C(C)(C)C)C(C)(C)c1cc(-c2ccc(C(C)(C)C)cc2)ccc13. The minimum Gasteiger partial charge on any atom is -0.316 e. The third kappa shape index (κ3) is 11.4. The number of hydrogen-bond acceptors (Lipinski definition) is 2. The standard InChI is InChI=1S/C41H59NSi.C40H57NSi/c1-27-23-30-24-35-33-22-19-29(28-17-20-31(21-18-28)39(2,3)4)25-36(33)41(8,9)37(35)26-34(30)38(27)43(10,11)42(40(5,6)7)32-15-13-12-14-16-32;1-38(2,3)30-20-16-27(17-21-30)28-18-22-32-34-24-29-19-23-37(33(29)26-36(34)40(7,8)35(32)25-28)42(9,10)41(39(4,5)6)31-14-12-11-13-15-31/h17-22,24-27,30,32,34,38H,12-16,23H2,1-11H3;16-18,20-22,24-26,29,31,33,37H,11-15,19,23H2,1-10H3. The van der Waals surface area contributed by atoms with E-state index in [-0.39, 0.29) is 32.7 Å². The highest BCUT2D eigenvalue weighted by atomic mass is 28.3. The van der Waals surface area contributed by atoms with Crippen molar-refractivity contribution in [2.24, 2.45) is 29.6 Å². The largest absolute Gasteiger partial charge is 0.316 e. The molecule has 8 aliphatic rings. The van der Waals surface area contributed by atoms with Crippen molar-refractivity contribution in [1.29, 1.82) is 0 Å². The Hall–Kier alpha value is -3.81. The number of nitrogens with zero attached hydrogens (tertiary/aromatic N) is 2. The monoisotopic (exact) mass is 1170 g/mol. The number of benzene rings is 4. The predicted molar refractivity (Wildman–Crippen MR) is 376 cm³/mol. The van der Waals surface area contributed by atoms with Gasteiger partial charge in [0.25, 0.3) is 0 Å². The molecule has 12 rings (SSSR count). The van der Waals surface area contributed by atoms with Gasteiger partial charge in [-0.05, 0) is 222 Å². The summed E-state index contributed by atoms with van der Waals surface area (Å²) in [5, 5.41) is 0. The molecule has 458 valence electrons. The summed E-state index contributed by atoms with van der Waals surface area (Å²) in [6.07, 6.45) is 29.4. The summed E-state index contributed by atoms with van der Waals surface area (Å²) in [5.74, 6) is 3.50. The van der Waals surface area contributed by atoms with Crippen molar-refractivity contribution < 1.29 is 0 Å². The van der Waals surface area contributed by atoms with Crippen molar-refractivity contribution in [2.75, 3.05) is 0 Å². The van der Waals surface area contributed by atoms with Gasteiger partial charge in [-0.3, -0.25) is 0 Å². The van der Waals surface area contributed by atoms with E-state index in [1.807, 2.05) is 0 Å². The zero-order valence-electron chi connectivity index (χ0n) is 57.7. The van der Waals surface area contributed by atoms with Crippen molar-refractivity contribution in [1.82, 2.24) is 9.13 Å². The van der Waals surface area contributed by atoms with Crippen LogP contribution in [0.4, 0.5) is 0 Å². The Bertz CT molecular complexity index is 3240. The van der Waals surface area contributed by atoms with Gasteiger partial charge in [0.1, 0.15) is 16.5 Å². The lowest BCUT2D eigenvalue weighted by molar-refractivity contribution is 0.138. The summed E-state index contributed by atoms with van der Waals surface area (Å²) < 4.78 is 6.25. The van der Waals surface area contributed by atoms with Crippen molar-refractivity contribution in [3.8, 4) is 22.3 Å². The number of allylic oxidation sites excluding steroid dienone is 8. The molecule has 0 amide bonds. The first-order valence-electron chi connectivity index (χ1n) is 34.6. The molecule has 7 unspecified atom stereocenters. The summed E-state index contributed by atoms with van der Waals surface area (Å²) in [6, 6.07) is 34.8. The van der Waals surface area contributed by atoms with Gasteiger partial charge >= 0.3 is 0 Å². The third-order valence-electron chi connectivity index (χ3n) is 23.8. The molecule has 0 saturated heterocycles. The van der Waals surface area contributed by atoms with Gasteiger partial charge in [-0.25, -0.2) is 0 Å². The highest BCUT2D eigenvalue weighted by molar-refractivity contribution is 6.77. The molecular formula is C81H116N2Si2. The Balaban J connectivity index is 0.000000177. The van der Waals surface area contributed by atoms with Gasteiger partial charge in [-0.15, -0.1) is 0 Å². The number of fused-ring (bicyclic) bond motifs is 8. The Morgan fingerprint density at radius 2 is 0.812 bits per heavy atom. The molecule has 0 heterocycles. The van der Waals surface area contributed by atoms with Crippen LogP contribution in [-0.2, 0) is 21.7 Å². The van der Waals surface area contributed by atoms with E-state index in [9.17, 15) is 0 Å². The second kappa shape index (κ2) is 22.3. The van der Waals surface area contributed by atoms with Crippen LogP contribution in [0.1, 0.15) is 235 Å². The van der Waals surface area contributed by atoms with E-state index in [0.717, 1.165) is 29.1 Å². The Labute approximate surface area is 522 Å². The van der Waals surface area contributed by atoms with Crippen LogP contribution >= 0.6 is 0 Å². The molecule has 0 bridgehead atoms. The van der Waals surface area contributed by atoms with Crippen LogP contribution in [0.25, 0.3) is 33.4 Å². The molecule has 0 spiro atoms. The first-order valence-corrected chi connectivity index (χ1v) is 40.7. The van der Waals surface area contributed by atoms with Gasteiger partial charge in [0.2, 0.25) is 0 Å². The van der Waals surface area contributed by atoms with E-state index in [4.69, 9.17) is 0 Å². The zero-order chi connectivity index (χ0) is 61.4. The van der Waals surface area contributed by atoms with E-state index in [0.29, 0.717) is 23.7 Å². The molecule has 2 nitrogen and oxygen atoms in total. The smallest absolute Gasteiger partial charge is 0.127 e. The quantitative estimate of drug-likeness (QED) is 0.162. The minimum atomic E-state index is -1.78. The van der Waals surface area contributed by atoms with E-state index in [1.165, 1.54) is 139 Å². The second-order valence-corrected chi connectivity index (χ2v) is 44.1. The normalized spacial score (nSPS) is 26.7. The van der Waals surface area contributed by atoms with E-state index >= 15 is 0 Å². The van der Waals surface area contributed by atoms with Gasteiger partial charge in [-0.1, -0.05) is 244 Å². The summed E-state index contributed by atoms with van der Waals surface area (Å²) in [5.41, 5.74) is 23.0. The maximum Gasteiger partial charge on any atom is 0.127 e. The fourth-order valence-corrected chi connectivity index (χ4v) is 31.9. The van der Waals surface area contributed by atoms with E-state index in [1.54, 1.807) is 22.3 Å². The average molecular weight is 1170 g/mol. The Morgan fingerprint density at radius 3 is 1.22 bits per heavy atom. The first kappa shape index (κ1) is 62.8. The van der Waals surface area contributed by atoms with Crippen molar-refractivity contribution in [2.45, 2.75) is 283 Å². The summed E-state index contributed by atoms with van der Waals surface area (Å²) in [7, 11) is -3.49. The van der Waals surface area contributed by atoms with Gasteiger partial charge in [-0.2, -0.15) is 0 Å². The number of hydrogen-bond donors (Lipinski definition) is 0. The van der Waals surface area contributed by atoms with E-state index in [2.05, 4.69) is 262 Å². The van der Waals surface area contributed by atoms with Crippen molar-refractivity contribution in [3.63, 3.8) is 0 Å². The lowest BCUT2D eigenvalue weighted by Crippen LogP contribution is -2.65. The van der Waals surface area contributed by atoms with Gasteiger partial charge in [0, 0.05) is 34.0 Å². The zero-order valence-corrected chi connectivity index (χ0v) is 59.7. The van der Waals surface area contributed by atoms with Crippen LogP contribution in [0.3, 0.4) is 0 Å². The van der Waals surface area contributed by atoms with Crippen LogP contribution in [-0.4, -0.2) is 48.8 Å². The molecular weight excluding hydrogens is 1060 g/mol. The number of rotatable bonds is 8. The maximum atomic E-state index is 3.13. The topological polar surface area (TPSA) is 6.48 Å². The molecule has 0 radical (unpaired) electrons. The van der Waals surface area contributed by atoms with Crippen LogP contribution in [0.2, 0.25) is 37.3 Å². The Kier molecular flexibility index (Phi) is 16.5. The molecule has 4 heteroatoms. The molecule has 4 aromatic rings. The van der Waals surface area contributed by atoms with Crippen LogP contribution < -0.4 is 0 Å². The van der Waals surface area contributed by atoms with Gasteiger partial charge < -0.3 is 9.13 Å². The second-order valence-electron chi connectivity index (χ2n) is 35.1. The van der Waals surface area contributed by atoms with Gasteiger partial charge in [0.05, 0.1) is 0 Å². The average Bonchev–Trinajstić information content (AvgIpc) is 1.67. The molecule has 4 fully saturated rings. The third-order valence-corrected chi connectivity index (χ3v) is 33.4. The fraction of sp³-hybridized carbons (Fsp3) is 0.605. The molecule has 85 heavy (non-hydrogen) atoms. The molecule has 0 aliphatic heterocycles. The molecule has 0 N–H and O–H groups in total. The van der Waals surface area contributed by atoms with Crippen LogP contribution in [0, 0.1) is 29.6 Å². The molecule has 0 aromatic heterocycles. The first-order chi connectivity index (χ1) is 39.6.